The molecule has 312 valence electrons. The quantitative estimate of drug-likeness (QED) is 0.162. The first-order valence-electron chi connectivity index (χ1n) is 23.3. The normalized spacial score (nSPS) is 14.3. The highest BCUT2D eigenvalue weighted by Gasteiger charge is 2.51. The number of hydrogen-bond donors (Lipinski definition) is 0. The van der Waals surface area contributed by atoms with Crippen molar-refractivity contribution in [2.45, 2.75) is 5.41 Å². The van der Waals surface area contributed by atoms with Gasteiger partial charge in [0.05, 0.1) is 39.2 Å². The smallest absolute Gasteiger partial charge is 0.0754 e. The van der Waals surface area contributed by atoms with Crippen molar-refractivity contribution in [3.05, 3.63) is 277 Å². The number of nitrogens with zero attached hydrogens (tertiary/aromatic N) is 2. The van der Waals surface area contributed by atoms with Crippen LogP contribution < -0.4 is 4.90 Å². The number of fused-ring (bicyclic) bond motifs is 13. The van der Waals surface area contributed by atoms with Gasteiger partial charge in [-0.3, -0.25) is 0 Å². The second-order valence-electron chi connectivity index (χ2n) is 17.9. The summed E-state index contributed by atoms with van der Waals surface area (Å²) in [7, 11) is 0. The highest BCUT2D eigenvalue weighted by Crippen LogP contribution is 2.62. The molecule has 1 unspecified atom stereocenters. The largest absolute Gasteiger partial charge is 0.309 e. The van der Waals surface area contributed by atoms with E-state index in [-0.39, 0.29) is 0 Å². The molecule has 1 aromatic heterocycles. The Morgan fingerprint density at radius 2 is 0.821 bits per heavy atom. The molecule has 0 N–H and O–H groups in total. The number of anilines is 3. The molecule has 0 radical (unpaired) electrons. The third-order valence-corrected chi connectivity index (χ3v) is 14.6. The van der Waals surface area contributed by atoms with E-state index in [9.17, 15) is 0 Å². The molecule has 1 aliphatic heterocycles. The molecule has 2 aliphatic rings. The van der Waals surface area contributed by atoms with Crippen LogP contribution in [0.4, 0.5) is 17.1 Å². The SMILES string of the molecule is c1ccc(-c2ccc(-c3ccccc3N(c3ccccc3-c3ccc4c(c3)C3(c5ccccc5-4)c4ccccc4-n4c5ccccc5c5cccc3c54)c3cccc4ccccc34)cc2)cc1. The third kappa shape index (κ3) is 5.39. The predicted molar refractivity (Wildman–Crippen MR) is 280 cm³/mol. The molecule has 1 spiro atoms. The minimum atomic E-state index is -0.550. The summed E-state index contributed by atoms with van der Waals surface area (Å²) < 4.78 is 2.52. The fourth-order valence-corrected chi connectivity index (χ4v) is 11.8. The summed E-state index contributed by atoms with van der Waals surface area (Å²) in [6.07, 6.45) is 0. The Bertz CT molecular complexity index is 3930. The Morgan fingerprint density at radius 3 is 1.64 bits per heavy atom. The third-order valence-electron chi connectivity index (χ3n) is 14.6. The van der Waals surface area contributed by atoms with E-state index in [0.29, 0.717) is 0 Å². The summed E-state index contributed by atoms with van der Waals surface area (Å²) in [6.45, 7) is 0. The first-order chi connectivity index (χ1) is 33.3. The van der Waals surface area contributed by atoms with Gasteiger partial charge in [0.25, 0.3) is 0 Å². The van der Waals surface area contributed by atoms with E-state index in [1.165, 1.54) is 88.3 Å². The number of aromatic nitrogens is 1. The van der Waals surface area contributed by atoms with Crippen LogP contribution in [0.1, 0.15) is 22.3 Å². The summed E-state index contributed by atoms with van der Waals surface area (Å²) in [5.41, 5.74) is 21.5. The van der Waals surface area contributed by atoms with E-state index in [2.05, 4.69) is 264 Å². The molecular formula is C65H42N2. The van der Waals surface area contributed by atoms with E-state index >= 15 is 0 Å². The van der Waals surface area contributed by atoms with Crippen molar-refractivity contribution >= 4 is 49.6 Å². The second kappa shape index (κ2) is 14.7. The molecule has 1 aliphatic carbocycles. The van der Waals surface area contributed by atoms with Crippen LogP contribution in [0.15, 0.2) is 255 Å². The van der Waals surface area contributed by atoms with Crippen molar-refractivity contribution in [3.63, 3.8) is 0 Å². The fourth-order valence-electron chi connectivity index (χ4n) is 11.8. The average molecular weight is 851 g/mol. The van der Waals surface area contributed by atoms with Gasteiger partial charge >= 0.3 is 0 Å². The summed E-state index contributed by atoms with van der Waals surface area (Å²) in [6, 6.07) is 94.5. The van der Waals surface area contributed by atoms with Gasteiger partial charge < -0.3 is 9.47 Å². The van der Waals surface area contributed by atoms with Crippen LogP contribution in [0.25, 0.3) is 82.8 Å². The van der Waals surface area contributed by atoms with Gasteiger partial charge in [-0.2, -0.15) is 0 Å². The molecule has 12 aromatic rings. The fraction of sp³-hybridized carbons (Fsp3) is 0.0154. The summed E-state index contributed by atoms with van der Waals surface area (Å²) in [4.78, 5) is 2.50. The molecule has 0 saturated heterocycles. The summed E-state index contributed by atoms with van der Waals surface area (Å²) >= 11 is 0. The standard InChI is InChI=1S/C65H42N2/c1-2-18-43(19-3-1)44-36-38-46(39-37-44)49-23-7-12-31-59(49)66(61-35-16-21-45-20-4-5-22-48(45)61)60-32-13-8-24-50(60)47-40-41-52-51-25-6-10-28-55(51)65(58(52)42-47)56-29-11-15-34-63(56)67-62-33-14-9-26-53(62)54-27-17-30-57(65)64(54)67/h1-42H. The van der Waals surface area contributed by atoms with Crippen LogP contribution in [0, 0.1) is 0 Å². The molecule has 0 amide bonds. The lowest BCUT2D eigenvalue weighted by molar-refractivity contribution is 0.749. The Kier molecular flexibility index (Phi) is 8.23. The van der Waals surface area contributed by atoms with Crippen LogP contribution in [-0.2, 0) is 5.41 Å². The summed E-state index contributed by atoms with van der Waals surface area (Å²) in [5, 5.41) is 4.96. The molecular weight excluding hydrogens is 809 g/mol. The van der Waals surface area contributed by atoms with Crippen LogP contribution in [-0.4, -0.2) is 4.57 Å². The molecule has 11 aromatic carbocycles. The van der Waals surface area contributed by atoms with Crippen molar-refractivity contribution in [3.8, 4) is 50.2 Å². The average Bonchev–Trinajstić information content (AvgIpc) is 3.90. The second-order valence-corrected chi connectivity index (χ2v) is 17.9. The van der Waals surface area contributed by atoms with Crippen molar-refractivity contribution in [2.24, 2.45) is 0 Å². The van der Waals surface area contributed by atoms with E-state index in [0.717, 1.165) is 33.8 Å². The lowest BCUT2D eigenvalue weighted by Gasteiger charge is -2.39. The zero-order valence-corrected chi connectivity index (χ0v) is 36.6. The number of hydrogen-bond acceptors (Lipinski definition) is 1. The monoisotopic (exact) mass is 850 g/mol. The molecule has 2 heteroatoms. The molecule has 1 atom stereocenters. The molecule has 0 bridgehead atoms. The number of para-hydroxylation sites is 5. The van der Waals surface area contributed by atoms with Crippen molar-refractivity contribution in [2.75, 3.05) is 4.90 Å². The minimum Gasteiger partial charge on any atom is -0.309 e. The van der Waals surface area contributed by atoms with Gasteiger partial charge in [-0.1, -0.05) is 218 Å². The zero-order valence-electron chi connectivity index (χ0n) is 36.6. The van der Waals surface area contributed by atoms with Gasteiger partial charge in [0.15, 0.2) is 0 Å². The maximum Gasteiger partial charge on any atom is 0.0754 e. The highest BCUT2D eigenvalue weighted by atomic mass is 15.1. The van der Waals surface area contributed by atoms with E-state index in [4.69, 9.17) is 0 Å². The van der Waals surface area contributed by atoms with Crippen LogP contribution in [0.3, 0.4) is 0 Å². The maximum atomic E-state index is 2.53. The molecule has 14 rings (SSSR count). The van der Waals surface area contributed by atoms with Gasteiger partial charge in [-0.25, -0.2) is 0 Å². The van der Waals surface area contributed by atoms with Crippen LogP contribution in [0.5, 0.6) is 0 Å². The van der Waals surface area contributed by atoms with Gasteiger partial charge in [0.1, 0.15) is 0 Å². The molecule has 67 heavy (non-hydrogen) atoms. The Balaban J connectivity index is 1.02. The van der Waals surface area contributed by atoms with E-state index in [1.807, 2.05) is 0 Å². The molecule has 2 heterocycles. The van der Waals surface area contributed by atoms with Crippen molar-refractivity contribution in [1.29, 1.82) is 0 Å². The summed E-state index contributed by atoms with van der Waals surface area (Å²) in [5.74, 6) is 0. The lowest BCUT2D eigenvalue weighted by atomic mass is 9.65. The molecule has 2 nitrogen and oxygen atoms in total. The van der Waals surface area contributed by atoms with Gasteiger partial charge in [0, 0.05) is 27.3 Å². The van der Waals surface area contributed by atoms with Crippen molar-refractivity contribution < 1.29 is 0 Å². The van der Waals surface area contributed by atoms with Crippen LogP contribution >= 0.6 is 0 Å². The highest BCUT2D eigenvalue weighted by molar-refractivity contribution is 6.13. The topological polar surface area (TPSA) is 8.17 Å². The first kappa shape index (κ1) is 37.6. The van der Waals surface area contributed by atoms with Crippen LogP contribution in [0.2, 0.25) is 0 Å². The molecule has 0 saturated carbocycles. The Morgan fingerprint density at radius 1 is 0.299 bits per heavy atom. The van der Waals surface area contributed by atoms with E-state index in [1.54, 1.807) is 0 Å². The first-order valence-corrected chi connectivity index (χ1v) is 23.3. The zero-order chi connectivity index (χ0) is 44.1. The van der Waals surface area contributed by atoms with Gasteiger partial charge in [-0.15, -0.1) is 0 Å². The van der Waals surface area contributed by atoms with E-state index < -0.39 is 5.41 Å². The van der Waals surface area contributed by atoms with Gasteiger partial charge in [0.2, 0.25) is 0 Å². The Labute approximate surface area is 389 Å². The maximum absolute atomic E-state index is 2.53. The number of benzene rings is 11. The van der Waals surface area contributed by atoms with Crippen molar-refractivity contribution in [1.82, 2.24) is 4.57 Å². The number of rotatable bonds is 6. The predicted octanol–water partition coefficient (Wildman–Crippen LogP) is 17.1. The minimum absolute atomic E-state index is 0.550. The van der Waals surface area contributed by atoms with Gasteiger partial charge in [-0.05, 0) is 97.4 Å². The Hall–Kier alpha value is -8.72. The lowest BCUT2D eigenvalue weighted by Crippen LogP contribution is -2.33. The molecule has 0 fully saturated rings.